The molecular formula is C20H25FN2O. The van der Waals surface area contributed by atoms with Crippen molar-refractivity contribution in [1.29, 1.82) is 0 Å². The number of benzene rings is 2. The van der Waals surface area contributed by atoms with Crippen molar-refractivity contribution in [2.24, 2.45) is 0 Å². The van der Waals surface area contributed by atoms with E-state index in [1.54, 1.807) is 12.1 Å². The Kier molecular flexibility index (Phi) is 5.96. The van der Waals surface area contributed by atoms with Gasteiger partial charge in [-0.1, -0.05) is 29.8 Å². The quantitative estimate of drug-likeness (QED) is 0.861. The predicted molar refractivity (Wildman–Crippen MR) is 96.6 cm³/mol. The minimum atomic E-state index is -0.275. The number of carbonyl (C=O) groups is 1. The number of rotatable bonds is 6. The van der Waals surface area contributed by atoms with Gasteiger partial charge in [0, 0.05) is 11.7 Å². The number of aryl methyl sites for hydroxylation is 1. The summed E-state index contributed by atoms with van der Waals surface area (Å²) < 4.78 is 13.0. The molecule has 24 heavy (non-hydrogen) atoms. The minimum Gasteiger partial charge on any atom is -0.360 e. The molecule has 1 N–H and O–H groups in total. The van der Waals surface area contributed by atoms with Gasteiger partial charge in [-0.15, -0.1) is 0 Å². The largest absolute Gasteiger partial charge is 0.360 e. The van der Waals surface area contributed by atoms with Gasteiger partial charge < -0.3 is 10.2 Å². The minimum absolute atomic E-state index is 0.0545. The summed E-state index contributed by atoms with van der Waals surface area (Å²) in [6.07, 6.45) is 0. The summed E-state index contributed by atoms with van der Waals surface area (Å²) in [4.78, 5) is 14.5. The van der Waals surface area contributed by atoms with E-state index in [-0.39, 0.29) is 30.4 Å². The highest BCUT2D eigenvalue weighted by molar-refractivity contribution is 5.81. The van der Waals surface area contributed by atoms with Crippen molar-refractivity contribution in [3.8, 4) is 0 Å². The van der Waals surface area contributed by atoms with Crippen LogP contribution in [0.1, 0.15) is 37.9 Å². The summed E-state index contributed by atoms with van der Waals surface area (Å²) in [7, 11) is 0. The van der Waals surface area contributed by atoms with Gasteiger partial charge in [-0.2, -0.15) is 0 Å². The van der Waals surface area contributed by atoms with Gasteiger partial charge in [0.15, 0.2) is 0 Å². The first-order valence-electron chi connectivity index (χ1n) is 8.25. The Bertz CT molecular complexity index is 665. The molecule has 0 saturated heterocycles. The summed E-state index contributed by atoms with van der Waals surface area (Å²) in [5.41, 5.74) is 3.10. The fraction of sp³-hybridized carbons (Fsp3) is 0.350. The molecule has 0 aliphatic carbocycles. The zero-order valence-corrected chi connectivity index (χ0v) is 14.7. The molecule has 0 aromatic heterocycles. The highest BCUT2D eigenvalue weighted by Gasteiger charge is 2.16. The lowest BCUT2D eigenvalue weighted by Gasteiger charge is -2.29. The van der Waals surface area contributed by atoms with Crippen LogP contribution in [0.25, 0.3) is 0 Å². The predicted octanol–water partition coefficient (Wildman–Crippen LogP) is 4.23. The molecule has 0 bridgehead atoms. The molecule has 0 heterocycles. The molecule has 0 aliphatic heterocycles. The number of anilines is 1. The lowest BCUT2D eigenvalue weighted by molar-refractivity contribution is -0.120. The van der Waals surface area contributed by atoms with Crippen LogP contribution >= 0.6 is 0 Å². The second-order valence-corrected chi connectivity index (χ2v) is 6.40. The molecule has 0 radical (unpaired) electrons. The Morgan fingerprint density at radius 2 is 1.62 bits per heavy atom. The summed E-state index contributed by atoms with van der Waals surface area (Å²) in [5, 5.41) is 2.98. The van der Waals surface area contributed by atoms with Crippen LogP contribution in [0.15, 0.2) is 48.5 Å². The second kappa shape index (κ2) is 7.95. The summed E-state index contributed by atoms with van der Waals surface area (Å²) in [6.45, 7) is 8.36. The summed E-state index contributed by atoms with van der Waals surface area (Å²) in [5.74, 6) is -0.330. The molecule has 1 atom stereocenters. The van der Waals surface area contributed by atoms with Crippen molar-refractivity contribution in [2.45, 2.75) is 39.8 Å². The lowest BCUT2D eigenvalue weighted by atomic mass is 10.1. The molecule has 1 unspecified atom stereocenters. The SMILES string of the molecule is Cc1ccc(N(CC(=O)NC(C)c2ccc(F)cc2)C(C)C)cc1. The molecule has 0 aliphatic rings. The van der Waals surface area contributed by atoms with Crippen LogP contribution in [0.2, 0.25) is 0 Å². The fourth-order valence-corrected chi connectivity index (χ4v) is 2.58. The van der Waals surface area contributed by atoms with Crippen molar-refractivity contribution in [2.75, 3.05) is 11.4 Å². The molecular weight excluding hydrogens is 303 g/mol. The van der Waals surface area contributed by atoms with E-state index in [1.165, 1.54) is 17.7 Å². The second-order valence-electron chi connectivity index (χ2n) is 6.40. The number of carbonyl (C=O) groups excluding carboxylic acids is 1. The van der Waals surface area contributed by atoms with Crippen molar-refractivity contribution in [1.82, 2.24) is 5.32 Å². The first-order chi connectivity index (χ1) is 11.4. The van der Waals surface area contributed by atoms with E-state index in [9.17, 15) is 9.18 Å². The number of nitrogens with one attached hydrogen (secondary N) is 1. The molecule has 0 fully saturated rings. The highest BCUT2D eigenvalue weighted by atomic mass is 19.1. The molecule has 4 heteroatoms. The average Bonchev–Trinajstić information content (AvgIpc) is 2.54. The third kappa shape index (κ3) is 4.82. The Labute approximate surface area is 143 Å². The average molecular weight is 328 g/mol. The molecule has 2 aromatic rings. The van der Waals surface area contributed by atoms with Gasteiger partial charge in [-0.25, -0.2) is 4.39 Å². The number of nitrogens with zero attached hydrogens (tertiary/aromatic N) is 1. The number of amides is 1. The van der Waals surface area contributed by atoms with Gasteiger partial charge in [0.25, 0.3) is 0 Å². The molecule has 1 amide bonds. The maximum atomic E-state index is 13.0. The van der Waals surface area contributed by atoms with Gasteiger partial charge in [-0.05, 0) is 57.5 Å². The van der Waals surface area contributed by atoms with Crippen LogP contribution in [0.3, 0.4) is 0 Å². The van der Waals surface area contributed by atoms with E-state index in [1.807, 2.05) is 38.1 Å². The van der Waals surface area contributed by atoms with Crippen molar-refractivity contribution in [3.05, 3.63) is 65.5 Å². The van der Waals surface area contributed by atoms with Gasteiger partial charge in [0.2, 0.25) is 5.91 Å². The Hall–Kier alpha value is -2.36. The third-order valence-corrected chi connectivity index (χ3v) is 4.05. The van der Waals surface area contributed by atoms with E-state index < -0.39 is 0 Å². The summed E-state index contributed by atoms with van der Waals surface area (Å²) >= 11 is 0. The molecule has 3 nitrogen and oxygen atoms in total. The van der Waals surface area contributed by atoms with E-state index in [4.69, 9.17) is 0 Å². The maximum absolute atomic E-state index is 13.0. The van der Waals surface area contributed by atoms with E-state index in [0.717, 1.165) is 11.3 Å². The monoisotopic (exact) mass is 328 g/mol. The normalized spacial score (nSPS) is 12.1. The van der Waals surface area contributed by atoms with E-state index in [0.29, 0.717) is 0 Å². The number of hydrogen-bond donors (Lipinski definition) is 1. The van der Waals surface area contributed by atoms with Crippen LogP contribution < -0.4 is 10.2 Å². The first kappa shape index (κ1) is 18.0. The van der Waals surface area contributed by atoms with E-state index >= 15 is 0 Å². The van der Waals surface area contributed by atoms with Gasteiger partial charge in [0.1, 0.15) is 5.82 Å². The van der Waals surface area contributed by atoms with Gasteiger partial charge >= 0.3 is 0 Å². The molecule has 128 valence electrons. The number of halogens is 1. The smallest absolute Gasteiger partial charge is 0.240 e. The molecule has 2 aromatic carbocycles. The molecule has 0 spiro atoms. The number of hydrogen-bond acceptors (Lipinski definition) is 2. The zero-order valence-electron chi connectivity index (χ0n) is 14.7. The van der Waals surface area contributed by atoms with Crippen LogP contribution in [-0.4, -0.2) is 18.5 Å². The third-order valence-electron chi connectivity index (χ3n) is 4.05. The van der Waals surface area contributed by atoms with Crippen molar-refractivity contribution in [3.63, 3.8) is 0 Å². The Balaban J connectivity index is 2.02. The van der Waals surface area contributed by atoms with Crippen LogP contribution in [-0.2, 0) is 4.79 Å². The summed E-state index contributed by atoms with van der Waals surface area (Å²) in [6, 6.07) is 14.4. The Morgan fingerprint density at radius 1 is 1.04 bits per heavy atom. The van der Waals surface area contributed by atoms with Gasteiger partial charge in [-0.3, -0.25) is 4.79 Å². The maximum Gasteiger partial charge on any atom is 0.240 e. The van der Waals surface area contributed by atoms with Crippen molar-refractivity contribution < 1.29 is 9.18 Å². The van der Waals surface area contributed by atoms with E-state index in [2.05, 4.69) is 24.1 Å². The molecule has 0 saturated carbocycles. The van der Waals surface area contributed by atoms with Crippen molar-refractivity contribution >= 4 is 11.6 Å². The van der Waals surface area contributed by atoms with Crippen LogP contribution in [0.5, 0.6) is 0 Å². The molecule has 2 rings (SSSR count). The Morgan fingerprint density at radius 3 is 2.17 bits per heavy atom. The highest BCUT2D eigenvalue weighted by Crippen LogP contribution is 2.18. The van der Waals surface area contributed by atoms with Gasteiger partial charge in [0.05, 0.1) is 12.6 Å². The first-order valence-corrected chi connectivity index (χ1v) is 8.25. The topological polar surface area (TPSA) is 32.3 Å². The standard InChI is InChI=1S/C20H25FN2O/c1-14(2)23(19-11-5-15(3)6-12-19)13-20(24)22-16(4)17-7-9-18(21)10-8-17/h5-12,14,16H,13H2,1-4H3,(H,22,24). The fourth-order valence-electron chi connectivity index (χ4n) is 2.58. The zero-order chi connectivity index (χ0) is 17.7. The van der Waals surface area contributed by atoms with Crippen LogP contribution in [0.4, 0.5) is 10.1 Å². The van der Waals surface area contributed by atoms with Crippen LogP contribution in [0, 0.1) is 12.7 Å². The lowest BCUT2D eigenvalue weighted by Crippen LogP contribution is -2.41.